The number of nitrogens with two attached hydrogens (primary N) is 1. The minimum absolute atomic E-state index is 0.0701. The molecule has 18 heavy (non-hydrogen) atoms. The van der Waals surface area contributed by atoms with Gasteiger partial charge in [0.25, 0.3) is 0 Å². The molecule has 1 fully saturated rings. The molecule has 6 heteroatoms. The molecule has 1 aromatic carbocycles. The van der Waals surface area contributed by atoms with E-state index in [1.165, 1.54) is 0 Å². The predicted octanol–water partition coefficient (Wildman–Crippen LogP) is 1.41. The van der Waals surface area contributed by atoms with Gasteiger partial charge >= 0.3 is 6.09 Å². The molecule has 0 saturated carbocycles. The normalized spacial score (nSPS) is 23.3. The first-order valence-corrected chi connectivity index (χ1v) is 5.92. The third kappa shape index (κ3) is 2.92. The molecule has 3 N–H and O–H groups in total. The number of benzene rings is 1. The fourth-order valence-corrected chi connectivity index (χ4v) is 2.20. The van der Waals surface area contributed by atoms with Gasteiger partial charge in [-0.3, -0.25) is 4.79 Å². The minimum Gasteiger partial charge on any atom is -0.444 e. The first kappa shape index (κ1) is 12.7. The van der Waals surface area contributed by atoms with Crippen LogP contribution >= 0.6 is 11.6 Å². The number of ether oxygens (including phenoxy) is 1. The molecule has 2 atom stereocenters. The maximum Gasteiger partial charge on any atom is 0.404 e. The number of amides is 2. The maximum atomic E-state index is 11.4. The number of hydrogen-bond donors (Lipinski definition) is 2. The third-order valence-corrected chi connectivity index (χ3v) is 3.17. The second-order valence-corrected chi connectivity index (χ2v) is 4.58. The summed E-state index contributed by atoms with van der Waals surface area (Å²) in [5.41, 5.74) is 5.93. The van der Waals surface area contributed by atoms with E-state index in [2.05, 4.69) is 5.32 Å². The molecule has 1 heterocycles. The summed E-state index contributed by atoms with van der Waals surface area (Å²) in [6.45, 7) is 0.273. The van der Waals surface area contributed by atoms with Crippen molar-refractivity contribution in [3.8, 4) is 0 Å². The van der Waals surface area contributed by atoms with Crippen LogP contribution in [0.3, 0.4) is 0 Å². The third-order valence-electron chi connectivity index (χ3n) is 2.92. The van der Waals surface area contributed by atoms with Crippen molar-refractivity contribution >= 4 is 23.6 Å². The van der Waals surface area contributed by atoms with Gasteiger partial charge in [-0.2, -0.15) is 0 Å². The first-order chi connectivity index (χ1) is 8.56. The standard InChI is InChI=1S/C12H13ClN2O3/c13-8-3-1-7(2-4-8)9-5-11(16)15-6-10(9)18-12(14)17/h1-4,9-10H,5-6H2,(H2,14,17)(H,15,16). The Balaban J connectivity index is 2.21. The number of carbonyl (C=O) groups is 2. The molecule has 96 valence electrons. The van der Waals surface area contributed by atoms with Gasteiger partial charge in [0.1, 0.15) is 6.10 Å². The Morgan fingerprint density at radius 3 is 2.67 bits per heavy atom. The number of nitrogens with one attached hydrogen (secondary N) is 1. The summed E-state index contributed by atoms with van der Waals surface area (Å²) >= 11 is 5.82. The van der Waals surface area contributed by atoms with E-state index in [1.54, 1.807) is 12.1 Å². The lowest BCUT2D eigenvalue weighted by molar-refractivity contribution is -0.124. The van der Waals surface area contributed by atoms with Gasteiger partial charge in [0.15, 0.2) is 0 Å². The van der Waals surface area contributed by atoms with E-state index < -0.39 is 12.2 Å². The summed E-state index contributed by atoms with van der Waals surface area (Å²) in [5, 5.41) is 3.27. The van der Waals surface area contributed by atoms with Crippen molar-refractivity contribution in [1.82, 2.24) is 5.32 Å². The summed E-state index contributed by atoms with van der Waals surface area (Å²) in [5.74, 6) is -0.261. The lowest BCUT2D eigenvalue weighted by Gasteiger charge is -2.30. The van der Waals surface area contributed by atoms with Gasteiger partial charge in [0.05, 0.1) is 6.54 Å². The zero-order chi connectivity index (χ0) is 13.1. The highest BCUT2D eigenvalue weighted by atomic mass is 35.5. The SMILES string of the molecule is NC(=O)OC1CNC(=O)CC1c1ccc(Cl)cc1. The van der Waals surface area contributed by atoms with Gasteiger partial charge in [-0.05, 0) is 17.7 Å². The fraction of sp³-hybridized carbons (Fsp3) is 0.333. The number of primary amides is 1. The summed E-state index contributed by atoms with van der Waals surface area (Å²) in [6, 6.07) is 7.13. The predicted molar refractivity (Wildman–Crippen MR) is 66.3 cm³/mol. The molecule has 0 radical (unpaired) electrons. The lowest BCUT2D eigenvalue weighted by atomic mass is 9.87. The van der Waals surface area contributed by atoms with Crippen molar-refractivity contribution < 1.29 is 14.3 Å². The van der Waals surface area contributed by atoms with E-state index in [0.717, 1.165) is 5.56 Å². The van der Waals surface area contributed by atoms with E-state index in [9.17, 15) is 9.59 Å². The first-order valence-electron chi connectivity index (χ1n) is 5.54. The molecule has 1 saturated heterocycles. The molecule has 5 nitrogen and oxygen atoms in total. The van der Waals surface area contributed by atoms with E-state index in [4.69, 9.17) is 22.1 Å². The van der Waals surface area contributed by atoms with Crippen LogP contribution in [0.2, 0.25) is 5.02 Å². The average Bonchev–Trinajstić information content (AvgIpc) is 2.32. The van der Waals surface area contributed by atoms with E-state index in [0.29, 0.717) is 5.02 Å². The Morgan fingerprint density at radius 2 is 2.06 bits per heavy atom. The highest BCUT2D eigenvalue weighted by Crippen LogP contribution is 2.29. The molecule has 1 aromatic rings. The van der Waals surface area contributed by atoms with Crippen LogP contribution in [0.15, 0.2) is 24.3 Å². The minimum atomic E-state index is -0.838. The Bertz CT molecular complexity index is 461. The number of halogens is 1. The van der Waals surface area contributed by atoms with Crippen LogP contribution in [-0.2, 0) is 9.53 Å². The molecule has 0 spiro atoms. The molecule has 0 aliphatic carbocycles. The van der Waals surface area contributed by atoms with Crippen molar-refractivity contribution in [3.05, 3.63) is 34.9 Å². The zero-order valence-corrected chi connectivity index (χ0v) is 10.3. The molecule has 1 aliphatic rings. The number of rotatable bonds is 2. The van der Waals surface area contributed by atoms with Crippen molar-refractivity contribution in [2.45, 2.75) is 18.4 Å². The van der Waals surface area contributed by atoms with Gasteiger partial charge < -0.3 is 15.8 Å². The largest absolute Gasteiger partial charge is 0.444 e. The highest BCUT2D eigenvalue weighted by Gasteiger charge is 2.32. The van der Waals surface area contributed by atoms with Crippen LogP contribution in [0.1, 0.15) is 17.9 Å². The van der Waals surface area contributed by atoms with Crippen molar-refractivity contribution in [1.29, 1.82) is 0 Å². The molecule has 2 rings (SSSR count). The molecule has 2 unspecified atom stereocenters. The molecular weight excluding hydrogens is 256 g/mol. The Hall–Kier alpha value is -1.75. The smallest absolute Gasteiger partial charge is 0.404 e. The van der Waals surface area contributed by atoms with Crippen LogP contribution in [0.25, 0.3) is 0 Å². The second kappa shape index (κ2) is 5.27. The van der Waals surface area contributed by atoms with Crippen LogP contribution < -0.4 is 11.1 Å². The maximum absolute atomic E-state index is 11.4. The van der Waals surface area contributed by atoms with Crippen molar-refractivity contribution in [2.24, 2.45) is 5.73 Å². The summed E-state index contributed by atoms with van der Waals surface area (Å²) in [4.78, 5) is 22.3. The number of piperidine rings is 1. The Kier molecular flexibility index (Phi) is 3.72. The molecule has 0 aromatic heterocycles. The number of carbonyl (C=O) groups excluding carboxylic acids is 2. The monoisotopic (exact) mass is 268 g/mol. The average molecular weight is 269 g/mol. The second-order valence-electron chi connectivity index (χ2n) is 4.14. The van der Waals surface area contributed by atoms with Crippen LogP contribution in [0.4, 0.5) is 4.79 Å². The van der Waals surface area contributed by atoms with E-state index in [1.807, 2.05) is 12.1 Å². The van der Waals surface area contributed by atoms with Crippen molar-refractivity contribution in [3.63, 3.8) is 0 Å². The van der Waals surface area contributed by atoms with E-state index in [-0.39, 0.29) is 24.8 Å². The topological polar surface area (TPSA) is 81.4 Å². The summed E-state index contributed by atoms with van der Waals surface area (Å²) in [7, 11) is 0. The van der Waals surface area contributed by atoms with Gasteiger partial charge in [0.2, 0.25) is 5.91 Å². The zero-order valence-electron chi connectivity index (χ0n) is 9.56. The Labute approximate surface area is 109 Å². The Morgan fingerprint density at radius 1 is 1.39 bits per heavy atom. The molecule has 2 amide bonds. The number of hydrogen-bond acceptors (Lipinski definition) is 3. The lowest BCUT2D eigenvalue weighted by Crippen LogP contribution is -2.45. The molecule has 0 bridgehead atoms. The van der Waals surface area contributed by atoms with Crippen molar-refractivity contribution in [2.75, 3.05) is 6.54 Å². The fourth-order valence-electron chi connectivity index (χ4n) is 2.08. The molecule has 1 aliphatic heterocycles. The molecular formula is C12H13ClN2O3. The van der Waals surface area contributed by atoms with Crippen LogP contribution in [-0.4, -0.2) is 24.6 Å². The van der Waals surface area contributed by atoms with Gasteiger partial charge in [0, 0.05) is 17.4 Å². The summed E-state index contributed by atoms with van der Waals surface area (Å²) < 4.78 is 5.03. The van der Waals surface area contributed by atoms with E-state index >= 15 is 0 Å². The van der Waals surface area contributed by atoms with Gasteiger partial charge in [-0.1, -0.05) is 23.7 Å². The quantitative estimate of drug-likeness (QED) is 0.851. The highest BCUT2D eigenvalue weighted by molar-refractivity contribution is 6.30. The van der Waals surface area contributed by atoms with Gasteiger partial charge in [-0.15, -0.1) is 0 Å². The van der Waals surface area contributed by atoms with Gasteiger partial charge in [-0.25, -0.2) is 4.79 Å². The summed E-state index contributed by atoms with van der Waals surface area (Å²) in [6.07, 6.45) is -1.02. The van der Waals surface area contributed by atoms with Crippen LogP contribution in [0.5, 0.6) is 0 Å². The van der Waals surface area contributed by atoms with Crippen LogP contribution in [0, 0.1) is 0 Å².